The first-order valence-electron chi connectivity index (χ1n) is 5.94. The number of benzene rings is 1. The van der Waals surface area contributed by atoms with Crippen molar-refractivity contribution in [2.45, 2.75) is 25.4 Å². The standard InChI is InChI=1S/C13H18N2/c1-2-14-9-13-8-12(14)10-15(13)11-6-4-3-5-7-11/h3-7,12-13H,2,8-10H2,1H3/t12-,13-/m1/s1. The van der Waals surface area contributed by atoms with Crippen LogP contribution in [-0.2, 0) is 0 Å². The van der Waals surface area contributed by atoms with Crippen molar-refractivity contribution in [3.05, 3.63) is 30.3 Å². The van der Waals surface area contributed by atoms with Crippen molar-refractivity contribution < 1.29 is 0 Å². The van der Waals surface area contributed by atoms with Gasteiger partial charge in [-0.25, -0.2) is 0 Å². The molecule has 0 aromatic heterocycles. The number of para-hydroxylation sites is 1. The quantitative estimate of drug-likeness (QED) is 0.723. The Balaban J connectivity index is 1.78. The van der Waals surface area contributed by atoms with Crippen LogP contribution in [0.2, 0.25) is 0 Å². The number of hydrogen-bond donors (Lipinski definition) is 0. The fraction of sp³-hybridized carbons (Fsp3) is 0.538. The molecule has 2 fully saturated rings. The van der Waals surface area contributed by atoms with Crippen LogP contribution in [0.4, 0.5) is 5.69 Å². The van der Waals surface area contributed by atoms with Gasteiger partial charge >= 0.3 is 0 Å². The second-order valence-corrected chi connectivity index (χ2v) is 4.62. The van der Waals surface area contributed by atoms with Gasteiger partial charge in [0, 0.05) is 30.9 Å². The first kappa shape index (κ1) is 9.22. The average molecular weight is 202 g/mol. The number of anilines is 1. The third kappa shape index (κ3) is 1.44. The molecule has 1 aromatic rings. The Hall–Kier alpha value is -1.02. The maximum absolute atomic E-state index is 2.62. The zero-order valence-electron chi connectivity index (χ0n) is 9.26. The zero-order chi connectivity index (χ0) is 10.3. The lowest BCUT2D eigenvalue weighted by Gasteiger charge is -2.35. The van der Waals surface area contributed by atoms with E-state index in [4.69, 9.17) is 0 Å². The molecular weight excluding hydrogens is 184 g/mol. The largest absolute Gasteiger partial charge is 0.366 e. The van der Waals surface area contributed by atoms with Crippen molar-refractivity contribution in [2.75, 3.05) is 24.5 Å². The molecule has 2 nitrogen and oxygen atoms in total. The number of piperazine rings is 1. The fourth-order valence-corrected chi connectivity index (χ4v) is 3.07. The van der Waals surface area contributed by atoms with Crippen molar-refractivity contribution in [1.29, 1.82) is 0 Å². The number of nitrogens with zero attached hydrogens (tertiary/aromatic N) is 2. The molecule has 2 heteroatoms. The first-order valence-corrected chi connectivity index (χ1v) is 5.94. The van der Waals surface area contributed by atoms with Crippen molar-refractivity contribution in [1.82, 2.24) is 4.90 Å². The molecule has 1 aromatic carbocycles. The van der Waals surface area contributed by atoms with Crippen LogP contribution in [0.1, 0.15) is 13.3 Å². The molecule has 2 atom stereocenters. The van der Waals surface area contributed by atoms with Gasteiger partial charge in [-0.05, 0) is 25.1 Å². The van der Waals surface area contributed by atoms with Gasteiger partial charge in [-0.3, -0.25) is 4.90 Å². The van der Waals surface area contributed by atoms with E-state index in [1.807, 2.05) is 0 Å². The van der Waals surface area contributed by atoms with Crippen molar-refractivity contribution >= 4 is 5.69 Å². The number of hydrogen-bond acceptors (Lipinski definition) is 2. The number of fused-ring (bicyclic) bond motifs is 2. The summed E-state index contributed by atoms with van der Waals surface area (Å²) in [5.41, 5.74) is 1.40. The van der Waals surface area contributed by atoms with Crippen LogP contribution in [0.3, 0.4) is 0 Å². The van der Waals surface area contributed by atoms with Crippen LogP contribution in [-0.4, -0.2) is 36.6 Å². The van der Waals surface area contributed by atoms with Gasteiger partial charge in [0.1, 0.15) is 0 Å². The Morgan fingerprint density at radius 2 is 1.93 bits per heavy atom. The van der Waals surface area contributed by atoms with E-state index in [0.29, 0.717) is 0 Å². The summed E-state index contributed by atoms with van der Waals surface area (Å²) in [6.07, 6.45) is 1.36. The Bertz CT molecular complexity index is 336. The first-order chi connectivity index (χ1) is 7.38. The van der Waals surface area contributed by atoms with Crippen LogP contribution in [0.15, 0.2) is 30.3 Å². The minimum Gasteiger partial charge on any atom is -0.366 e. The van der Waals surface area contributed by atoms with Gasteiger partial charge in [-0.2, -0.15) is 0 Å². The van der Waals surface area contributed by atoms with E-state index in [1.54, 1.807) is 0 Å². The van der Waals surface area contributed by atoms with Gasteiger partial charge in [0.15, 0.2) is 0 Å². The zero-order valence-corrected chi connectivity index (χ0v) is 9.26. The highest BCUT2D eigenvalue weighted by molar-refractivity contribution is 5.49. The summed E-state index contributed by atoms with van der Waals surface area (Å²) in [4.78, 5) is 5.20. The van der Waals surface area contributed by atoms with Crippen molar-refractivity contribution in [2.24, 2.45) is 0 Å². The highest BCUT2D eigenvalue weighted by atomic mass is 15.3. The third-order valence-corrected chi connectivity index (χ3v) is 3.85. The number of likely N-dealkylation sites (N-methyl/N-ethyl adjacent to an activating group) is 1. The van der Waals surface area contributed by atoms with Crippen molar-refractivity contribution in [3.8, 4) is 0 Å². The van der Waals surface area contributed by atoms with E-state index in [9.17, 15) is 0 Å². The van der Waals surface area contributed by atoms with Gasteiger partial charge in [0.2, 0.25) is 0 Å². The molecule has 2 aliphatic rings. The minimum absolute atomic E-state index is 0.761. The van der Waals surface area contributed by atoms with E-state index >= 15 is 0 Å². The van der Waals surface area contributed by atoms with Gasteiger partial charge in [-0.15, -0.1) is 0 Å². The maximum atomic E-state index is 2.62. The molecule has 2 heterocycles. The van der Waals surface area contributed by atoms with E-state index in [1.165, 1.54) is 31.7 Å². The van der Waals surface area contributed by atoms with Crippen molar-refractivity contribution in [3.63, 3.8) is 0 Å². The normalized spacial score (nSPS) is 30.1. The molecule has 0 N–H and O–H groups in total. The molecule has 0 radical (unpaired) electrons. The minimum atomic E-state index is 0.761. The molecule has 80 valence electrons. The van der Waals surface area contributed by atoms with Crippen LogP contribution in [0.5, 0.6) is 0 Å². The summed E-state index contributed by atoms with van der Waals surface area (Å²) < 4.78 is 0. The summed E-state index contributed by atoms with van der Waals surface area (Å²) in [6.45, 7) is 5.97. The Kier molecular flexibility index (Phi) is 2.17. The van der Waals surface area contributed by atoms with E-state index < -0.39 is 0 Å². The van der Waals surface area contributed by atoms with E-state index in [-0.39, 0.29) is 0 Å². The second kappa shape index (κ2) is 3.53. The predicted octanol–water partition coefficient (Wildman–Crippen LogP) is 1.97. The topological polar surface area (TPSA) is 6.48 Å². The molecule has 0 unspecified atom stereocenters. The number of likely N-dealkylation sites (tertiary alicyclic amines) is 1. The summed E-state index contributed by atoms with van der Waals surface area (Å²) in [5, 5.41) is 0. The summed E-state index contributed by atoms with van der Waals surface area (Å²) in [5.74, 6) is 0. The van der Waals surface area contributed by atoms with Gasteiger partial charge in [-0.1, -0.05) is 25.1 Å². The molecule has 0 saturated carbocycles. The summed E-state index contributed by atoms with van der Waals surface area (Å²) in [7, 11) is 0. The molecular formula is C13H18N2. The van der Waals surface area contributed by atoms with Gasteiger partial charge in [0.05, 0.1) is 0 Å². The smallest absolute Gasteiger partial charge is 0.0433 e. The Morgan fingerprint density at radius 1 is 1.13 bits per heavy atom. The van der Waals surface area contributed by atoms with E-state index in [2.05, 4.69) is 47.1 Å². The van der Waals surface area contributed by atoms with E-state index in [0.717, 1.165) is 12.1 Å². The van der Waals surface area contributed by atoms with Gasteiger partial charge < -0.3 is 4.90 Å². The van der Waals surface area contributed by atoms with Crippen LogP contribution in [0.25, 0.3) is 0 Å². The van der Waals surface area contributed by atoms with Crippen LogP contribution >= 0.6 is 0 Å². The van der Waals surface area contributed by atoms with Gasteiger partial charge in [0.25, 0.3) is 0 Å². The Morgan fingerprint density at radius 3 is 2.53 bits per heavy atom. The monoisotopic (exact) mass is 202 g/mol. The lowest BCUT2D eigenvalue weighted by molar-refractivity contribution is 0.251. The SMILES string of the molecule is CCN1C[C@H]2C[C@@H]1CN2c1ccccc1. The number of rotatable bonds is 2. The molecule has 2 aliphatic heterocycles. The highest BCUT2D eigenvalue weighted by Crippen LogP contribution is 2.33. The predicted molar refractivity (Wildman–Crippen MR) is 63.2 cm³/mol. The maximum Gasteiger partial charge on any atom is 0.0433 e. The lowest BCUT2D eigenvalue weighted by atomic mass is 10.2. The molecule has 15 heavy (non-hydrogen) atoms. The average Bonchev–Trinajstić information content (AvgIpc) is 2.89. The van der Waals surface area contributed by atoms with Crippen LogP contribution < -0.4 is 4.90 Å². The molecule has 0 spiro atoms. The Labute approximate surface area is 91.5 Å². The molecule has 3 rings (SSSR count). The lowest BCUT2D eigenvalue weighted by Crippen LogP contribution is -2.46. The highest BCUT2D eigenvalue weighted by Gasteiger charge is 2.42. The summed E-state index contributed by atoms with van der Waals surface area (Å²) >= 11 is 0. The fourth-order valence-electron chi connectivity index (χ4n) is 3.07. The summed E-state index contributed by atoms with van der Waals surface area (Å²) in [6, 6.07) is 12.4. The third-order valence-electron chi connectivity index (χ3n) is 3.85. The second-order valence-electron chi connectivity index (χ2n) is 4.62. The molecule has 0 amide bonds. The molecule has 2 saturated heterocycles. The molecule has 0 aliphatic carbocycles. The molecule has 2 bridgehead atoms. The van der Waals surface area contributed by atoms with Crippen LogP contribution in [0, 0.1) is 0 Å².